The first-order valence-electron chi connectivity index (χ1n) is 3.87. The Kier molecular flexibility index (Phi) is 1.70. The van der Waals surface area contributed by atoms with Crippen LogP contribution in [0.1, 0.15) is 5.56 Å². The molecular formula is C9H8ClNO2. The molecule has 1 amide bonds. The van der Waals surface area contributed by atoms with Crippen LogP contribution in [0.25, 0.3) is 0 Å². The molecule has 0 atom stereocenters. The van der Waals surface area contributed by atoms with E-state index in [4.69, 9.17) is 11.6 Å². The highest BCUT2D eigenvalue weighted by molar-refractivity contribution is 6.31. The number of fused-ring (bicyclic) bond motifs is 1. The number of carbonyl (C=O) groups excluding carboxylic acids is 1. The summed E-state index contributed by atoms with van der Waals surface area (Å²) in [6.45, 7) is 0. The SMILES string of the molecule is CN1C(=O)Cc2cc(Cl)cc(O)c21. The first kappa shape index (κ1) is 8.38. The van der Waals surface area contributed by atoms with Crippen LogP contribution in [-0.2, 0) is 11.2 Å². The van der Waals surface area contributed by atoms with Crippen molar-refractivity contribution in [2.24, 2.45) is 0 Å². The predicted octanol–water partition coefficient (Wildman–Crippen LogP) is 1.56. The lowest BCUT2D eigenvalue weighted by molar-refractivity contribution is -0.117. The second-order valence-electron chi connectivity index (χ2n) is 3.06. The molecule has 68 valence electrons. The average Bonchev–Trinajstić information content (AvgIpc) is 2.27. The summed E-state index contributed by atoms with van der Waals surface area (Å²) in [5, 5.41) is 9.98. The Morgan fingerprint density at radius 1 is 1.54 bits per heavy atom. The van der Waals surface area contributed by atoms with E-state index in [9.17, 15) is 9.90 Å². The number of halogens is 1. The van der Waals surface area contributed by atoms with Gasteiger partial charge in [-0.1, -0.05) is 11.6 Å². The first-order chi connectivity index (χ1) is 6.09. The highest BCUT2D eigenvalue weighted by Gasteiger charge is 2.27. The molecule has 0 saturated heterocycles. The third-order valence-corrected chi connectivity index (χ3v) is 2.40. The minimum Gasteiger partial charge on any atom is -0.506 e. The van der Waals surface area contributed by atoms with Gasteiger partial charge in [-0.2, -0.15) is 0 Å². The number of phenols is 1. The largest absolute Gasteiger partial charge is 0.506 e. The molecule has 0 radical (unpaired) electrons. The summed E-state index contributed by atoms with van der Waals surface area (Å²) in [5.74, 6) is 0.0448. The van der Waals surface area contributed by atoms with Crippen LogP contribution in [0.5, 0.6) is 5.75 Å². The highest BCUT2D eigenvalue weighted by atomic mass is 35.5. The molecule has 2 rings (SSSR count). The molecule has 1 heterocycles. The lowest BCUT2D eigenvalue weighted by Gasteiger charge is -2.11. The molecule has 0 bridgehead atoms. The molecule has 0 spiro atoms. The van der Waals surface area contributed by atoms with Crippen molar-refractivity contribution in [1.29, 1.82) is 0 Å². The summed E-state index contributed by atoms with van der Waals surface area (Å²) in [7, 11) is 1.64. The van der Waals surface area contributed by atoms with Crippen LogP contribution in [0.4, 0.5) is 5.69 Å². The van der Waals surface area contributed by atoms with Gasteiger partial charge in [-0.25, -0.2) is 0 Å². The number of carbonyl (C=O) groups is 1. The molecule has 0 fully saturated rings. The minimum absolute atomic E-state index is 0.0208. The number of amides is 1. The quantitative estimate of drug-likeness (QED) is 0.686. The zero-order valence-corrected chi connectivity index (χ0v) is 7.80. The van der Waals surface area contributed by atoms with Crippen LogP contribution in [0.15, 0.2) is 12.1 Å². The third-order valence-electron chi connectivity index (χ3n) is 2.18. The third kappa shape index (κ3) is 1.16. The molecule has 3 nitrogen and oxygen atoms in total. The van der Waals surface area contributed by atoms with Crippen molar-refractivity contribution < 1.29 is 9.90 Å². The fraction of sp³-hybridized carbons (Fsp3) is 0.222. The first-order valence-corrected chi connectivity index (χ1v) is 4.25. The van der Waals surface area contributed by atoms with Gasteiger partial charge in [-0.3, -0.25) is 4.79 Å². The topological polar surface area (TPSA) is 40.5 Å². The number of likely N-dealkylation sites (N-methyl/N-ethyl adjacent to an activating group) is 1. The fourth-order valence-electron chi connectivity index (χ4n) is 1.57. The van der Waals surface area contributed by atoms with Gasteiger partial charge in [0.1, 0.15) is 5.75 Å². The maximum atomic E-state index is 11.3. The van der Waals surface area contributed by atoms with Gasteiger partial charge in [0.25, 0.3) is 0 Å². The Hall–Kier alpha value is -1.22. The van der Waals surface area contributed by atoms with E-state index in [1.807, 2.05) is 0 Å². The second kappa shape index (κ2) is 2.64. The molecular weight excluding hydrogens is 190 g/mol. The van der Waals surface area contributed by atoms with Crippen molar-refractivity contribution in [1.82, 2.24) is 0 Å². The number of anilines is 1. The van der Waals surface area contributed by atoms with E-state index in [0.717, 1.165) is 5.56 Å². The molecule has 0 aromatic heterocycles. The lowest BCUT2D eigenvalue weighted by Crippen LogP contribution is -2.20. The van der Waals surface area contributed by atoms with Gasteiger partial charge in [0.15, 0.2) is 0 Å². The van der Waals surface area contributed by atoms with Gasteiger partial charge in [-0.15, -0.1) is 0 Å². The second-order valence-corrected chi connectivity index (χ2v) is 3.50. The molecule has 4 heteroatoms. The Morgan fingerprint density at radius 2 is 2.23 bits per heavy atom. The smallest absolute Gasteiger partial charge is 0.231 e. The molecule has 1 N–H and O–H groups in total. The molecule has 0 unspecified atom stereocenters. The van der Waals surface area contributed by atoms with Crippen molar-refractivity contribution >= 4 is 23.2 Å². The number of hydrogen-bond donors (Lipinski definition) is 1. The Labute approximate surface area is 80.5 Å². The number of rotatable bonds is 0. The number of phenolic OH excluding ortho intramolecular Hbond substituents is 1. The van der Waals surface area contributed by atoms with Gasteiger partial charge in [-0.05, 0) is 11.6 Å². The average molecular weight is 198 g/mol. The Morgan fingerprint density at radius 3 is 2.92 bits per heavy atom. The molecule has 0 aliphatic carbocycles. The fourth-order valence-corrected chi connectivity index (χ4v) is 1.80. The van der Waals surface area contributed by atoms with Crippen LogP contribution in [0, 0.1) is 0 Å². The molecule has 1 aliphatic rings. The number of hydrogen-bond acceptors (Lipinski definition) is 2. The molecule has 1 aliphatic heterocycles. The van der Waals surface area contributed by atoms with Crippen molar-refractivity contribution in [3.05, 3.63) is 22.7 Å². The van der Waals surface area contributed by atoms with E-state index in [2.05, 4.69) is 0 Å². The summed E-state index contributed by atoms with van der Waals surface area (Å²) in [6.07, 6.45) is 0.319. The van der Waals surface area contributed by atoms with Crippen LogP contribution in [0.2, 0.25) is 5.02 Å². The van der Waals surface area contributed by atoms with Gasteiger partial charge < -0.3 is 10.0 Å². The van der Waals surface area contributed by atoms with Crippen molar-refractivity contribution in [3.63, 3.8) is 0 Å². The molecule has 0 saturated carbocycles. The summed E-state index contributed by atoms with van der Waals surface area (Å²) >= 11 is 5.73. The molecule has 13 heavy (non-hydrogen) atoms. The van der Waals surface area contributed by atoms with Crippen LogP contribution >= 0.6 is 11.6 Å². The Balaban J connectivity index is 2.64. The van der Waals surface area contributed by atoms with E-state index >= 15 is 0 Å². The van der Waals surface area contributed by atoms with Crippen molar-refractivity contribution in [2.75, 3.05) is 11.9 Å². The van der Waals surface area contributed by atoms with Gasteiger partial charge in [0.05, 0.1) is 12.1 Å². The maximum absolute atomic E-state index is 11.3. The standard InChI is InChI=1S/C9H8ClNO2/c1-11-8(13)3-5-2-6(10)4-7(12)9(5)11/h2,4,12H,3H2,1H3. The van der Waals surface area contributed by atoms with E-state index in [-0.39, 0.29) is 11.7 Å². The zero-order valence-electron chi connectivity index (χ0n) is 7.04. The summed E-state index contributed by atoms with van der Waals surface area (Å²) in [6, 6.07) is 3.15. The minimum atomic E-state index is -0.0208. The summed E-state index contributed by atoms with van der Waals surface area (Å²) in [5.41, 5.74) is 1.37. The van der Waals surface area contributed by atoms with Gasteiger partial charge in [0.2, 0.25) is 5.91 Å². The predicted molar refractivity (Wildman–Crippen MR) is 50.2 cm³/mol. The highest BCUT2D eigenvalue weighted by Crippen LogP contribution is 2.38. The maximum Gasteiger partial charge on any atom is 0.231 e. The van der Waals surface area contributed by atoms with Crippen LogP contribution in [0.3, 0.4) is 0 Å². The number of aromatic hydroxyl groups is 1. The Bertz CT molecular complexity index is 389. The molecule has 1 aromatic rings. The van der Waals surface area contributed by atoms with Gasteiger partial charge in [0, 0.05) is 18.1 Å². The van der Waals surface area contributed by atoms with E-state index in [1.54, 1.807) is 13.1 Å². The van der Waals surface area contributed by atoms with Gasteiger partial charge >= 0.3 is 0 Å². The van der Waals surface area contributed by atoms with Crippen LogP contribution in [-0.4, -0.2) is 18.1 Å². The van der Waals surface area contributed by atoms with E-state index < -0.39 is 0 Å². The van der Waals surface area contributed by atoms with Crippen LogP contribution < -0.4 is 4.90 Å². The van der Waals surface area contributed by atoms with Crippen molar-refractivity contribution in [2.45, 2.75) is 6.42 Å². The number of nitrogens with zero attached hydrogens (tertiary/aromatic N) is 1. The van der Waals surface area contributed by atoms with E-state index in [1.165, 1.54) is 11.0 Å². The van der Waals surface area contributed by atoms with E-state index in [0.29, 0.717) is 17.1 Å². The molecule has 1 aromatic carbocycles. The zero-order chi connectivity index (χ0) is 9.59. The summed E-state index contributed by atoms with van der Waals surface area (Å²) < 4.78 is 0. The summed E-state index contributed by atoms with van der Waals surface area (Å²) in [4.78, 5) is 12.7. The number of benzene rings is 1. The van der Waals surface area contributed by atoms with Crippen molar-refractivity contribution in [3.8, 4) is 5.75 Å². The lowest BCUT2D eigenvalue weighted by atomic mass is 10.1. The monoisotopic (exact) mass is 197 g/mol. The normalized spacial score (nSPS) is 14.9.